The number of oxime groups is 1. The number of nitrogens with zero attached hydrogens (tertiary/aromatic N) is 7. The van der Waals surface area contributed by atoms with Gasteiger partial charge in [-0.3, -0.25) is 14.5 Å². The van der Waals surface area contributed by atoms with E-state index >= 15 is 0 Å². The average molecular weight is 548 g/mol. The van der Waals surface area contributed by atoms with Gasteiger partial charge in [0.1, 0.15) is 41.3 Å². The van der Waals surface area contributed by atoms with Crippen molar-refractivity contribution in [3.8, 4) is 0 Å². The summed E-state index contributed by atoms with van der Waals surface area (Å²) in [7, 11) is 1.28. The second-order valence-corrected chi connectivity index (χ2v) is 10.4. The first-order valence-electron chi connectivity index (χ1n) is 10.2. The topological polar surface area (TPSA) is 190 Å². The number of hydrogen-bond acceptors (Lipinski definition) is 13. The van der Waals surface area contributed by atoms with Crippen LogP contribution < -0.4 is 11.1 Å². The molecule has 186 valence electrons. The molecule has 1 saturated heterocycles. The van der Waals surface area contributed by atoms with E-state index in [1.165, 1.54) is 46.4 Å². The number of carbonyl (C=O) groups is 3. The summed E-state index contributed by atoms with van der Waals surface area (Å²) in [4.78, 5) is 47.9. The molecule has 3 aromatic rings. The summed E-state index contributed by atoms with van der Waals surface area (Å²) in [5.41, 5.74) is 6.81. The molecule has 1 fully saturated rings. The van der Waals surface area contributed by atoms with Gasteiger partial charge < -0.3 is 21.0 Å². The highest BCUT2D eigenvalue weighted by atomic mass is 32.2. The van der Waals surface area contributed by atoms with Crippen molar-refractivity contribution >= 4 is 69.1 Å². The number of thiazole rings is 1. The molecule has 2 amide bonds. The number of nitrogens with one attached hydrogen (secondary N) is 1. The molecule has 0 saturated carbocycles. The zero-order chi connectivity index (χ0) is 25.4. The van der Waals surface area contributed by atoms with Crippen molar-refractivity contribution < 1.29 is 24.3 Å². The van der Waals surface area contributed by atoms with Gasteiger partial charge in [-0.2, -0.15) is 9.61 Å². The number of β-lactam (4-membered cyclic amide) rings is 1. The van der Waals surface area contributed by atoms with Gasteiger partial charge in [0.05, 0.1) is 0 Å². The normalized spacial score (nSPS) is 19.8. The molecule has 36 heavy (non-hydrogen) atoms. The maximum absolute atomic E-state index is 13.0. The maximum atomic E-state index is 13.0. The predicted molar refractivity (Wildman–Crippen MR) is 131 cm³/mol. The SMILES string of the molecule is CO/N=C(\C(=O)N[C@@H]1C(=O)N2C(C(=O)O)=C(CSc3ccc4nncn4n3)CS[C@@H]12)c1csc(N)n1. The fourth-order valence-corrected chi connectivity index (χ4v) is 6.54. The van der Waals surface area contributed by atoms with Crippen LogP contribution in [0.5, 0.6) is 0 Å². The molecule has 2 aliphatic rings. The molecule has 2 aliphatic heterocycles. The fourth-order valence-electron chi connectivity index (χ4n) is 3.65. The van der Waals surface area contributed by atoms with Gasteiger partial charge >= 0.3 is 5.97 Å². The van der Waals surface area contributed by atoms with E-state index < -0.39 is 29.2 Å². The third kappa shape index (κ3) is 4.35. The second kappa shape index (κ2) is 9.75. The van der Waals surface area contributed by atoms with Gasteiger partial charge in [0, 0.05) is 16.9 Å². The van der Waals surface area contributed by atoms with E-state index in [1.54, 1.807) is 17.5 Å². The Kier molecular flexibility index (Phi) is 6.50. The van der Waals surface area contributed by atoms with Gasteiger partial charge in [0.25, 0.3) is 11.8 Å². The summed E-state index contributed by atoms with van der Waals surface area (Å²) in [6.07, 6.45) is 1.47. The Morgan fingerprint density at radius 3 is 2.97 bits per heavy atom. The smallest absolute Gasteiger partial charge is 0.352 e. The van der Waals surface area contributed by atoms with Crippen LogP contribution in [0.1, 0.15) is 5.69 Å². The first-order chi connectivity index (χ1) is 17.4. The Balaban J connectivity index is 1.30. The highest BCUT2D eigenvalue weighted by Crippen LogP contribution is 2.41. The zero-order valence-corrected chi connectivity index (χ0v) is 20.8. The van der Waals surface area contributed by atoms with Crippen molar-refractivity contribution in [3.05, 3.63) is 40.8 Å². The molecule has 0 spiro atoms. The highest BCUT2D eigenvalue weighted by molar-refractivity contribution is 8.01. The Morgan fingerprint density at radius 1 is 1.42 bits per heavy atom. The number of carboxylic acid groups (broad SMARTS) is 1. The van der Waals surface area contributed by atoms with Gasteiger partial charge in [-0.15, -0.1) is 45.1 Å². The Morgan fingerprint density at radius 2 is 2.25 bits per heavy atom. The molecule has 0 unspecified atom stereocenters. The zero-order valence-electron chi connectivity index (χ0n) is 18.4. The first kappa shape index (κ1) is 24.0. The third-order valence-electron chi connectivity index (χ3n) is 5.23. The number of hydrogen-bond donors (Lipinski definition) is 3. The molecule has 5 rings (SSSR count). The molecule has 0 radical (unpaired) electrons. The molecule has 2 atom stereocenters. The van der Waals surface area contributed by atoms with Crippen molar-refractivity contribution in [2.75, 3.05) is 24.3 Å². The standard InChI is InChI=1S/C19H17N9O5S3/c1-33-26-12(9-6-36-19(20)22-9)15(29)23-13-16(30)28-14(18(31)32)8(5-35-17(13)28)4-34-11-3-2-10-24-21-7-27(10)25-11/h2-3,6-7,13,17H,4-5H2,1H3,(H2,20,22)(H,23,29)(H,31,32)/b26-12-/t13-,17+/m1/s1. The van der Waals surface area contributed by atoms with Crippen molar-refractivity contribution in [2.45, 2.75) is 16.4 Å². The lowest BCUT2D eigenvalue weighted by atomic mass is 10.0. The van der Waals surface area contributed by atoms with E-state index in [0.29, 0.717) is 27.8 Å². The number of amides is 2. The number of anilines is 1. The molecule has 0 bridgehead atoms. The van der Waals surface area contributed by atoms with Crippen molar-refractivity contribution in [1.82, 2.24) is 35.0 Å². The van der Waals surface area contributed by atoms with Gasteiger partial charge in [-0.1, -0.05) is 5.16 Å². The minimum Gasteiger partial charge on any atom is -0.477 e. The van der Waals surface area contributed by atoms with Crippen LogP contribution in [0.4, 0.5) is 5.13 Å². The lowest BCUT2D eigenvalue weighted by Crippen LogP contribution is -2.71. The lowest BCUT2D eigenvalue weighted by Gasteiger charge is -2.49. The number of carbonyl (C=O) groups excluding carboxylic acids is 2. The van der Waals surface area contributed by atoms with Crippen LogP contribution in [0, 0.1) is 0 Å². The minimum absolute atomic E-state index is 0.0785. The number of aliphatic carboxylic acids is 1. The van der Waals surface area contributed by atoms with E-state index in [-0.39, 0.29) is 22.2 Å². The Hall–Kier alpha value is -3.70. The van der Waals surface area contributed by atoms with Gasteiger partial charge in [0.2, 0.25) is 0 Å². The van der Waals surface area contributed by atoms with Crippen LogP contribution >= 0.6 is 34.9 Å². The van der Waals surface area contributed by atoms with Crippen molar-refractivity contribution in [1.29, 1.82) is 0 Å². The van der Waals surface area contributed by atoms with E-state index in [0.717, 1.165) is 11.3 Å². The van der Waals surface area contributed by atoms with Crippen molar-refractivity contribution in [2.24, 2.45) is 5.16 Å². The van der Waals surface area contributed by atoms with Crippen LogP contribution in [0.25, 0.3) is 5.65 Å². The van der Waals surface area contributed by atoms with E-state index in [4.69, 9.17) is 10.6 Å². The molecular weight excluding hydrogens is 530 g/mol. The van der Waals surface area contributed by atoms with Crippen LogP contribution in [0.15, 0.2) is 45.3 Å². The predicted octanol–water partition coefficient (Wildman–Crippen LogP) is 0.0444. The van der Waals surface area contributed by atoms with Crippen molar-refractivity contribution in [3.63, 3.8) is 0 Å². The first-order valence-corrected chi connectivity index (χ1v) is 13.1. The summed E-state index contributed by atoms with van der Waals surface area (Å²) in [6.45, 7) is 0. The molecule has 5 heterocycles. The van der Waals surface area contributed by atoms with Crippen LogP contribution in [0.2, 0.25) is 0 Å². The molecule has 0 aromatic carbocycles. The highest BCUT2D eigenvalue weighted by Gasteiger charge is 2.54. The van der Waals surface area contributed by atoms with E-state index in [1.807, 2.05) is 0 Å². The number of nitrogen functional groups attached to an aromatic ring is 1. The molecule has 4 N–H and O–H groups in total. The number of fused-ring (bicyclic) bond motifs is 2. The van der Waals surface area contributed by atoms with Crippen LogP contribution in [-0.4, -0.2) is 88.3 Å². The number of thioether (sulfide) groups is 2. The Bertz CT molecular complexity index is 1430. The third-order valence-corrected chi connectivity index (χ3v) is 8.25. The number of aromatic nitrogens is 5. The van der Waals surface area contributed by atoms with Gasteiger partial charge in [0.15, 0.2) is 16.5 Å². The van der Waals surface area contributed by atoms with Crippen LogP contribution in [-0.2, 0) is 19.2 Å². The largest absolute Gasteiger partial charge is 0.477 e. The summed E-state index contributed by atoms with van der Waals surface area (Å²) < 4.78 is 1.52. The molecule has 0 aliphatic carbocycles. The quantitative estimate of drug-likeness (QED) is 0.149. The van der Waals surface area contributed by atoms with Crippen LogP contribution in [0.3, 0.4) is 0 Å². The Labute approximate surface area is 215 Å². The summed E-state index contributed by atoms with van der Waals surface area (Å²) in [6, 6.07) is 2.60. The molecular formula is C19H17N9O5S3. The van der Waals surface area contributed by atoms with Gasteiger partial charge in [-0.25, -0.2) is 9.78 Å². The molecule has 14 nitrogen and oxygen atoms in total. The minimum atomic E-state index is -1.21. The average Bonchev–Trinajstić information content (AvgIpc) is 3.51. The number of carboxylic acids is 1. The molecule has 3 aromatic heterocycles. The summed E-state index contributed by atoms with van der Waals surface area (Å²) in [5, 5.41) is 30.1. The van der Waals surface area contributed by atoms with E-state index in [9.17, 15) is 19.5 Å². The second-order valence-electron chi connectivity index (χ2n) is 7.41. The van der Waals surface area contributed by atoms with E-state index in [2.05, 4.69) is 30.8 Å². The van der Waals surface area contributed by atoms with Gasteiger partial charge in [-0.05, 0) is 17.7 Å². The number of nitrogens with two attached hydrogens (primary N) is 1. The molecule has 17 heteroatoms. The maximum Gasteiger partial charge on any atom is 0.352 e. The summed E-state index contributed by atoms with van der Waals surface area (Å²) in [5.74, 6) is -1.74. The fraction of sp³-hybridized carbons (Fsp3) is 0.263. The lowest BCUT2D eigenvalue weighted by molar-refractivity contribution is -0.150. The number of rotatable bonds is 8. The monoisotopic (exact) mass is 547 g/mol. The summed E-state index contributed by atoms with van der Waals surface area (Å²) >= 11 is 3.83.